The molecule has 34 heavy (non-hydrogen) atoms. The third-order valence-electron chi connectivity index (χ3n) is 6.96. The van der Waals surface area contributed by atoms with E-state index in [2.05, 4.69) is 86.5 Å². The van der Waals surface area contributed by atoms with Crippen molar-refractivity contribution in [2.75, 3.05) is 13.1 Å². The Balaban J connectivity index is 1.38. The molecule has 174 valence electrons. The summed E-state index contributed by atoms with van der Waals surface area (Å²) in [5, 5.41) is 0. The third kappa shape index (κ3) is 5.58. The molecule has 0 atom stereocenters. The molecule has 0 aromatic heterocycles. The van der Waals surface area contributed by atoms with Crippen molar-refractivity contribution in [1.29, 1.82) is 0 Å². The Kier molecular flexibility index (Phi) is 7.82. The van der Waals surface area contributed by atoms with Crippen LogP contribution in [0, 0.1) is 13.8 Å². The van der Waals surface area contributed by atoms with Crippen LogP contribution in [0.1, 0.15) is 41.0 Å². The highest BCUT2D eigenvalue weighted by atomic mass is 16.5. The van der Waals surface area contributed by atoms with E-state index in [0.717, 1.165) is 25.4 Å². The van der Waals surface area contributed by atoms with E-state index in [1.165, 1.54) is 46.2 Å². The van der Waals surface area contributed by atoms with Gasteiger partial charge < -0.3 is 4.74 Å². The van der Waals surface area contributed by atoms with Gasteiger partial charge in [-0.1, -0.05) is 79.9 Å². The number of hydrogen-bond donors (Lipinski definition) is 0. The maximum Gasteiger partial charge on any atom is 0.131 e. The lowest BCUT2D eigenvalue weighted by Gasteiger charge is -2.32. The molecule has 3 aromatic carbocycles. The fraction of sp³-hybridized carbons (Fsp3) is 0.250. The first-order valence-electron chi connectivity index (χ1n) is 12.2. The summed E-state index contributed by atoms with van der Waals surface area (Å²) in [7, 11) is 0. The van der Waals surface area contributed by atoms with Crippen LogP contribution in [0.25, 0.3) is 11.1 Å². The van der Waals surface area contributed by atoms with E-state index >= 15 is 0 Å². The number of likely N-dealkylation sites (tertiary alicyclic amines) is 1. The number of para-hydroxylation sites is 1. The Morgan fingerprint density at radius 2 is 1.68 bits per heavy atom. The van der Waals surface area contributed by atoms with Crippen molar-refractivity contribution < 1.29 is 4.74 Å². The largest absolute Gasteiger partial charge is 0.457 e. The van der Waals surface area contributed by atoms with Crippen LogP contribution >= 0.6 is 0 Å². The smallest absolute Gasteiger partial charge is 0.131 e. The molecule has 0 aliphatic carbocycles. The van der Waals surface area contributed by atoms with E-state index < -0.39 is 0 Å². The molecule has 0 bridgehead atoms. The molecule has 0 N–H and O–H groups in total. The average Bonchev–Trinajstić information content (AvgIpc) is 2.87. The minimum atomic E-state index is 0.623. The third-order valence-corrected chi connectivity index (χ3v) is 6.96. The summed E-state index contributed by atoms with van der Waals surface area (Å²) in [5.41, 5.74) is 8.03. The van der Waals surface area contributed by atoms with Gasteiger partial charge in [0.25, 0.3) is 0 Å². The molecule has 0 spiro atoms. The zero-order valence-electron chi connectivity index (χ0n) is 20.5. The van der Waals surface area contributed by atoms with E-state index in [1.54, 1.807) is 12.2 Å². The van der Waals surface area contributed by atoms with Gasteiger partial charge >= 0.3 is 0 Å². The van der Waals surface area contributed by atoms with Crippen molar-refractivity contribution in [3.63, 3.8) is 0 Å². The monoisotopic (exact) mass is 449 g/mol. The second-order valence-corrected chi connectivity index (χ2v) is 9.14. The van der Waals surface area contributed by atoms with Crippen molar-refractivity contribution in [3.8, 4) is 16.9 Å². The number of benzene rings is 3. The molecule has 0 radical (unpaired) electrons. The number of piperidine rings is 1. The fourth-order valence-corrected chi connectivity index (χ4v) is 4.78. The van der Waals surface area contributed by atoms with Gasteiger partial charge in [0.1, 0.15) is 11.5 Å². The van der Waals surface area contributed by atoms with Crippen LogP contribution in [0.4, 0.5) is 0 Å². The van der Waals surface area contributed by atoms with Gasteiger partial charge in [0.05, 0.1) is 0 Å². The Morgan fingerprint density at radius 3 is 2.38 bits per heavy atom. The highest BCUT2D eigenvalue weighted by Crippen LogP contribution is 2.32. The van der Waals surface area contributed by atoms with E-state index in [9.17, 15) is 0 Å². The van der Waals surface area contributed by atoms with Gasteiger partial charge in [0.2, 0.25) is 0 Å². The Labute approximate surface area is 204 Å². The zero-order chi connectivity index (χ0) is 23.9. The topological polar surface area (TPSA) is 12.5 Å². The van der Waals surface area contributed by atoms with Crippen molar-refractivity contribution in [1.82, 2.24) is 4.90 Å². The predicted octanol–water partition coefficient (Wildman–Crippen LogP) is 7.98. The van der Waals surface area contributed by atoms with Gasteiger partial charge in [0.15, 0.2) is 0 Å². The quantitative estimate of drug-likeness (QED) is 0.255. The van der Waals surface area contributed by atoms with Gasteiger partial charge in [-0.25, -0.2) is 0 Å². The number of nitrogens with zero attached hydrogens (tertiary/aromatic N) is 1. The van der Waals surface area contributed by atoms with E-state index in [-0.39, 0.29) is 0 Å². The predicted molar refractivity (Wildman–Crippen MR) is 144 cm³/mol. The summed E-state index contributed by atoms with van der Waals surface area (Å²) < 4.78 is 6.08. The molecule has 4 rings (SSSR count). The Hall–Kier alpha value is -3.36. The minimum absolute atomic E-state index is 0.623. The molecular weight excluding hydrogens is 414 g/mol. The molecular formula is C32H35NO. The first-order chi connectivity index (χ1) is 16.6. The summed E-state index contributed by atoms with van der Waals surface area (Å²) in [6.07, 6.45) is 7.63. The van der Waals surface area contributed by atoms with E-state index in [0.29, 0.717) is 11.7 Å². The summed E-state index contributed by atoms with van der Waals surface area (Å²) in [4.78, 5) is 2.54. The standard InChI is InChI=1S/C32H35NO/c1-5-10-30(6-2)34-32-14-8-7-12-29(32)23-33-21-19-27(20-22-33)26-15-17-28(18-16-26)31-13-9-11-24(3)25(31)4/h5-18,27H,1-2,19-23H2,3-4H3/b30-10+. The molecule has 0 amide bonds. The molecule has 0 saturated carbocycles. The van der Waals surface area contributed by atoms with Gasteiger partial charge in [-0.3, -0.25) is 4.90 Å². The maximum absolute atomic E-state index is 6.08. The summed E-state index contributed by atoms with van der Waals surface area (Å²) in [6, 6.07) is 24.1. The molecule has 1 saturated heterocycles. The lowest BCUT2D eigenvalue weighted by atomic mass is 9.88. The average molecular weight is 450 g/mol. The van der Waals surface area contributed by atoms with Gasteiger partial charge in [-0.05, 0) is 91.7 Å². The number of allylic oxidation sites excluding steroid dienone is 3. The molecule has 3 aromatic rings. The molecule has 2 nitrogen and oxygen atoms in total. The minimum Gasteiger partial charge on any atom is -0.457 e. The number of hydrogen-bond acceptors (Lipinski definition) is 2. The highest BCUT2D eigenvalue weighted by molar-refractivity contribution is 5.68. The van der Waals surface area contributed by atoms with Gasteiger partial charge in [0, 0.05) is 12.1 Å². The molecule has 0 unspecified atom stereocenters. The Morgan fingerprint density at radius 1 is 0.941 bits per heavy atom. The normalized spacial score (nSPS) is 15.2. The van der Waals surface area contributed by atoms with E-state index in [1.807, 2.05) is 18.2 Å². The zero-order valence-corrected chi connectivity index (χ0v) is 20.5. The van der Waals surface area contributed by atoms with Crippen molar-refractivity contribution in [3.05, 3.63) is 126 Å². The van der Waals surface area contributed by atoms with Crippen LogP contribution in [0.5, 0.6) is 5.75 Å². The molecule has 2 heteroatoms. The number of rotatable bonds is 8. The summed E-state index contributed by atoms with van der Waals surface area (Å²) in [6.45, 7) is 15.1. The second kappa shape index (κ2) is 11.2. The van der Waals surface area contributed by atoms with Crippen molar-refractivity contribution in [2.24, 2.45) is 0 Å². The molecule has 1 aliphatic rings. The van der Waals surface area contributed by atoms with E-state index in [4.69, 9.17) is 4.74 Å². The maximum atomic E-state index is 6.08. The van der Waals surface area contributed by atoms with Crippen LogP contribution in [-0.2, 0) is 6.54 Å². The van der Waals surface area contributed by atoms with Crippen molar-refractivity contribution >= 4 is 0 Å². The van der Waals surface area contributed by atoms with Gasteiger partial charge in [-0.2, -0.15) is 0 Å². The lowest BCUT2D eigenvalue weighted by Crippen LogP contribution is -2.32. The molecule has 1 aliphatic heterocycles. The van der Waals surface area contributed by atoms with Crippen LogP contribution < -0.4 is 4.74 Å². The lowest BCUT2D eigenvalue weighted by molar-refractivity contribution is 0.203. The number of aryl methyl sites for hydroxylation is 1. The van der Waals surface area contributed by atoms with Crippen LogP contribution in [0.3, 0.4) is 0 Å². The van der Waals surface area contributed by atoms with Crippen molar-refractivity contribution in [2.45, 2.75) is 39.2 Å². The highest BCUT2D eigenvalue weighted by Gasteiger charge is 2.21. The summed E-state index contributed by atoms with van der Waals surface area (Å²) in [5.74, 6) is 2.23. The molecule has 1 heterocycles. The second-order valence-electron chi connectivity index (χ2n) is 9.14. The van der Waals surface area contributed by atoms with Gasteiger partial charge in [-0.15, -0.1) is 0 Å². The fourth-order valence-electron chi connectivity index (χ4n) is 4.78. The number of ether oxygens (including phenoxy) is 1. The first kappa shape index (κ1) is 23.8. The Bertz CT molecular complexity index is 1160. The molecule has 1 fully saturated rings. The van der Waals surface area contributed by atoms with Crippen LogP contribution in [-0.4, -0.2) is 18.0 Å². The van der Waals surface area contributed by atoms with Crippen LogP contribution in [0.2, 0.25) is 0 Å². The first-order valence-corrected chi connectivity index (χ1v) is 12.2. The SMILES string of the molecule is C=C/C=C(\C=C)Oc1ccccc1CN1CCC(c2ccc(-c3cccc(C)c3C)cc2)CC1. The summed E-state index contributed by atoms with van der Waals surface area (Å²) >= 11 is 0. The van der Waals surface area contributed by atoms with Crippen LogP contribution in [0.15, 0.2) is 104 Å².